The third-order valence-corrected chi connectivity index (χ3v) is 2.33. The van der Waals surface area contributed by atoms with Gasteiger partial charge in [0, 0.05) is 0 Å². The van der Waals surface area contributed by atoms with Crippen molar-refractivity contribution < 1.29 is 34.4 Å². The van der Waals surface area contributed by atoms with Gasteiger partial charge in [-0.05, 0) is 17.7 Å². The number of phenols is 1. The molecule has 7 heteroatoms. The lowest BCUT2D eigenvalue weighted by molar-refractivity contribution is -0.141. The Kier molecular flexibility index (Phi) is 4.35. The molecule has 2 atom stereocenters. The first kappa shape index (κ1) is 14.1. The average Bonchev–Trinajstić information content (AvgIpc) is 2.30. The van der Waals surface area contributed by atoms with E-state index >= 15 is 0 Å². The molecule has 0 aliphatic heterocycles. The van der Waals surface area contributed by atoms with E-state index in [4.69, 9.17) is 10.2 Å². The predicted molar refractivity (Wildman–Crippen MR) is 56.7 cm³/mol. The molecule has 0 aliphatic carbocycles. The summed E-state index contributed by atoms with van der Waals surface area (Å²) in [6.07, 6.45) is -3.88. The zero-order valence-corrected chi connectivity index (χ0v) is 9.08. The van der Waals surface area contributed by atoms with Gasteiger partial charge in [0.2, 0.25) is 0 Å². The van der Waals surface area contributed by atoms with Gasteiger partial charge >= 0.3 is 5.97 Å². The fraction of sp³-hybridized carbons (Fsp3) is 0.273. The highest BCUT2D eigenvalue weighted by Gasteiger charge is 2.23. The molecule has 0 aromatic heterocycles. The molecule has 0 spiro atoms. The van der Waals surface area contributed by atoms with Crippen molar-refractivity contribution >= 4 is 12.3 Å². The fourth-order valence-electron chi connectivity index (χ4n) is 1.42. The van der Waals surface area contributed by atoms with E-state index in [1.807, 2.05) is 0 Å². The molecule has 1 aromatic rings. The van der Waals surface area contributed by atoms with Crippen molar-refractivity contribution in [2.45, 2.75) is 18.6 Å². The number of aliphatic hydroxyl groups is 2. The Morgan fingerprint density at radius 2 is 2.00 bits per heavy atom. The number of carbonyl (C=O) groups is 2. The van der Waals surface area contributed by atoms with Crippen LogP contribution in [0.4, 0.5) is 4.39 Å². The molecule has 0 amide bonds. The molecule has 0 saturated carbocycles. The van der Waals surface area contributed by atoms with Crippen molar-refractivity contribution in [3.8, 4) is 5.75 Å². The number of hydrogen-bond acceptors (Lipinski definition) is 5. The number of halogens is 1. The topological polar surface area (TPSA) is 115 Å². The zero-order valence-electron chi connectivity index (χ0n) is 9.08. The number of benzene rings is 1. The number of aromatic hydroxyl groups is 1. The van der Waals surface area contributed by atoms with Gasteiger partial charge < -0.3 is 20.4 Å². The third-order valence-electron chi connectivity index (χ3n) is 2.33. The number of hydrogen-bond donors (Lipinski definition) is 4. The molecular formula is C11H11FO6. The fourth-order valence-corrected chi connectivity index (χ4v) is 1.42. The van der Waals surface area contributed by atoms with E-state index in [0.717, 1.165) is 12.1 Å². The summed E-state index contributed by atoms with van der Waals surface area (Å²) in [5.74, 6) is -3.35. The molecule has 18 heavy (non-hydrogen) atoms. The number of rotatable bonds is 5. The van der Waals surface area contributed by atoms with Gasteiger partial charge in [0.1, 0.15) is 6.10 Å². The highest BCUT2D eigenvalue weighted by molar-refractivity contribution is 5.79. The summed E-state index contributed by atoms with van der Waals surface area (Å²) in [6.45, 7) is 0. The van der Waals surface area contributed by atoms with Crippen molar-refractivity contribution in [1.82, 2.24) is 0 Å². The van der Waals surface area contributed by atoms with Gasteiger partial charge in [-0.15, -0.1) is 0 Å². The number of aldehydes is 1. The first-order chi connectivity index (χ1) is 8.36. The van der Waals surface area contributed by atoms with Crippen LogP contribution in [-0.4, -0.2) is 38.8 Å². The Morgan fingerprint density at radius 1 is 1.39 bits per heavy atom. The van der Waals surface area contributed by atoms with Gasteiger partial charge in [-0.2, -0.15) is 0 Å². The Labute approximate surface area is 101 Å². The second-order valence-corrected chi connectivity index (χ2v) is 3.67. The quantitative estimate of drug-likeness (QED) is 0.561. The highest BCUT2D eigenvalue weighted by Crippen LogP contribution is 2.27. The Bertz CT molecular complexity index is 473. The van der Waals surface area contributed by atoms with Crippen LogP contribution in [0.15, 0.2) is 12.1 Å². The van der Waals surface area contributed by atoms with Crippen LogP contribution in [0, 0.1) is 5.82 Å². The molecule has 0 fully saturated rings. The molecule has 0 bridgehead atoms. The van der Waals surface area contributed by atoms with Gasteiger partial charge in [0.25, 0.3) is 0 Å². The first-order valence-corrected chi connectivity index (χ1v) is 4.92. The molecule has 0 heterocycles. The van der Waals surface area contributed by atoms with E-state index in [9.17, 15) is 24.2 Å². The second kappa shape index (κ2) is 5.56. The van der Waals surface area contributed by atoms with Crippen molar-refractivity contribution in [2.75, 3.05) is 0 Å². The van der Waals surface area contributed by atoms with Crippen LogP contribution in [0.3, 0.4) is 0 Å². The van der Waals surface area contributed by atoms with Gasteiger partial charge in [-0.3, -0.25) is 9.59 Å². The number of phenolic OH excluding ortho intramolecular Hbond substituents is 1. The smallest absolute Gasteiger partial charge is 0.306 e. The molecule has 98 valence electrons. The second-order valence-electron chi connectivity index (χ2n) is 3.67. The van der Waals surface area contributed by atoms with Gasteiger partial charge in [-0.1, -0.05) is 0 Å². The van der Waals surface area contributed by atoms with Gasteiger partial charge in [0.15, 0.2) is 17.9 Å². The lowest BCUT2D eigenvalue weighted by atomic mass is 9.99. The normalized spacial score (nSPS) is 13.9. The molecule has 1 aromatic carbocycles. The van der Waals surface area contributed by atoms with Crippen LogP contribution in [0.5, 0.6) is 5.75 Å². The Balaban J connectivity index is 3.06. The summed E-state index contributed by atoms with van der Waals surface area (Å²) in [7, 11) is 0. The molecule has 0 aliphatic rings. The first-order valence-electron chi connectivity index (χ1n) is 4.92. The summed E-state index contributed by atoms with van der Waals surface area (Å²) in [5.41, 5.74) is -0.590. The monoisotopic (exact) mass is 258 g/mol. The van der Waals surface area contributed by atoms with E-state index in [1.165, 1.54) is 0 Å². The van der Waals surface area contributed by atoms with Crippen molar-refractivity contribution in [3.63, 3.8) is 0 Å². The summed E-state index contributed by atoms with van der Waals surface area (Å²) < 4.78 is 13.2. The van der Waals surface area contributed by atoms with Crippen LogP contribution < -0.4 is 0 Å². The molecule has 0 saturated heterocycles. The minimum Gasteiger partial charge on any atom is -0.504 e. The van der Waals surface area contributed by atoms with E-state index in [1.54, 1.807) is 0 Å². The van der Waals surface area contributed by atoms with Gasteiger partial charge in [0.05, 0.1) is 18.1 Å². The SMILES string of the molecule is O=Cc1cc(C(O)C(O)CC(=O)O)cc(F)c1O. The van der Waals surface area contributed by atoms with E-state index in [2.05, 4.69) is 0 Å². The standard InChI is InChI=1S/C11H11FO6/c12-7-2-5(1-6(4-13)10(7)17)11(18)8(14)3-9(15)16/h1-2,4,8,11,14,17-18H,3H2,(H,15,16). The minimum atomic E-state index is -1.67. The molecule has 2 unspecified atom stereocenters. The Hall–Kier alpha value is -1.99. The third kappa shape index (κ3) is 3.02. The number of aliphatic carboxylic acids is 1. The average molecular weight is 258 g/mol. The van der Waals surface area contributed by atoms with E-state index < -0.39 is 41.7 Å². The van der Waals surface area contributed by atoms with Crippen LogP contribution >= 0.6 is 0 Å². The number of carboxylic acids is 1. The summed E-state index contributed by atoms with van der Waals surface area (Å²) >= 11 is 0. The molecule has 4 N–H and O–H groups in total. The van der Waals surface area contributed by atoms with E-state index in [0.29, 0.717) is 0 Å². The lowest BCUT2D eigenvalue weighted by Gasteiger charge is -2.17. The lowest BCUT2D eigenvalue weighted by Crippen LogP contribution is -2.22. The van der Waals surface area contributed by atoms with Crippen LogP contribution in [0.1, 0.15) is 28.4 Å². The molecular weight excluding hydrogens is 247 g/mol. The van der Waals surface area contributed by atoms with Crippen LogP contribution in [0.2, 0.25) is 0 Å². The van der Waals surface area contributed by atoms with Crippen molar-refractivity contribution in [3.05, 3.63) is 29.1 Å². The summed E-state index contributed by atoms with van der Waals surface area (Å²) in [4.78, 5) is 20.9. The molecule has 6 nitrogen and oxygen atoms in total. The van der Waals surface area contributed by atoms with Gasteiger partial charge in [-0.25, -0.2) is 4.39 Å². The van der Waals surface area contributed by atoms with Crippen LogP contribution in [0.25, 0.3) is 0 Å². The number of aliphatic hydroxyl groups excluding tert-OH is 2. The predicted octanol–water partition coefficient (Wildman–Crippen LogP) is 0.213. The maximum atomic E-state index is 13.2. The summed E-state index contributed by atoms with van der Waals surface area (Å²) in [5, 5.41) is 36.5. The summed E-state index contributed by atoms with van der Waals surface area (Å²) in [6, 6.07) is 1.69. The highest BCUT2D eigenvalue weighted by atomic mass is 19.1. The number of carbonyl (C=O) groups excluding carboxylic acids is 1. The maximum absolute atomic E-state index is 13.2. The zero-order chi connectivity index (χ0) is 13.9. The molecule has 1 rings (SSSR count). The van der Waals surface area contributed by atoms with E-state index in [-0.39, 0.29) is 11.8 Å². The minimum absolute atomic E-state index is 0.179. The Morgan fingerprint density at radius 3 is 2.50 bits per heavy atom. The van der Waals surface area contributed by atoms with Crippen LogP contribution in [-0.2, 0) is 4.79 Å². The van der Waals surface area contributed by atoms with Crippen molar-refractivity contribution in [2.24, 2.45) is 0 Å². The van der Waals surface area contributed by atoms with Crippen molar-refractivity contribution in [1.29, 1.82) is 0 Å². The maximum Gasteiger partial charge on any atom is 0.306 e. The molecule has 0 radical (unpaired) electrons. The number of carboxylic acid groups (broad SMARTS) is 1. The largest absolute Gasteiger partial charge is 0.504 e.